The molecule has 6 heteroatoms. The van der Waals surface area contributed by atoms with Crippen molar-refractivity contribution in [1.29, 1.82) is 0 Å². The van der Waals surface area contributed by atoms with Crippen molar-refractivity contribution in [1.82, 2.24) is 9.55 Å². The number of benzene rings is 1. The molecule has 0 aliphatic heterocycles. The third-order valence-electron chi connectivity index (χ3n) is 4.57. The highest BCUT2D eigenvalue weighted by Gasteiger charge is 2.22. The smallest absolute Gasteiger partial charge is 0.328 e. The number of ether oxygens (including phenoxy) is 1. The highest BCUT2D eigenvalue weighted by Crippen LogP contribution is 2.36. The second-order valence-electron chi connectivity index (χ2n) is 6.17. The molecule has 0 spiro atoms. The molecule has 0 saturated carbocycles. The van der Waals surface area contributed by atoms with Crippen LogP contribution in [0.2, 0.25) is 0 Å². The SMILES string of the molecule is COC(=O)[C@@H](C)n1cnc2sc(C)c(-c3ccc(C)c(C)c3)c2c1=O. The predicted octanol–water partition coefficient (Wildman–Crippen LogP) is 3.78. The number of aromatic nitrogens is 2. The Bertz CT molecular complexity index is 1030. The predicted molar refractivity (Wildman–Crippen MR) is 100 cm³/mol. The Labute approximate surface area is 149 Å². The summed E-state index contributed by atoms with van der Waals surface area (Å²) in [6, 6.07) is 5.45. The van der Waals surface area contributed by atoms with Crippen LogP contribution in [0.1, 0.15) is 29.0 Å². The van der Waals surface area contributed by atoms with Crippen LogP contribution in [0.25, 0.3) is 21.3 Å². The fourth-order valence-electron chi connectivity index (χ4n) is 2.92. The fraction of sp³-hybridized carbons (Fsp3) is 0.316. The minimum atomic E-state index is -0.720. The zero-order chi connectivity index (χ0) is 18.3. The van der Waals surface area contributed by atoms with Crippen LogP contribution in [0.15, 0.2) is 29.3 Å². The summed E-state index contributed by atoms with van der Waals surface area (Å²) in [5.41, 5.74) is 4.04. The van der Waals surface area contributed by atoms with E-state index in [1.165, 1.54) is 40.5 Å². The summed E-state index contributed by atoms with van der Waals surface area (Å²) in [5, 5.41) is 0.559. The molecule has 0 radical (unpaired) electrons. The lowest BCUT2D eigenvalue weighted by Crippen LogP contribution is -2.29. The average molecular weight is 356 g/mol. The Kier molecular flexibility index (Phi) is 4.47. The van der Waals surface area contributed by atoms with Crippen molar-refractivity contribution in [3.05, 3.63) is 50.9 Å². The van der Waals surface area contributed by atoms with Gasteiger partial charge in [-0.2, -0.15) is 0 Å². The van der Waals surface area contributed by atoms with Gasteiger partial charge in [-0.25, -0.2) is 9.78 Å². The second kappa shape index (κ2) is 6.44. The van der Waals surface area contributed by atoms with E-state index in [1.807, 2.05) is 13.0 Å². The van der Waals surface area contributed by atoms with E-state index < -0.39 is 12.0 Å². The van der Waals surface area contributed by atoms with Crippen LogP contribution in [0.5, 0.6) is 0 Å². The van der Waals surface area contributed by atoms with E-state index in [9.17, 15) is 9.59 Å². The van der Waals surface area contributed by atoms with E-state index in [4.69, 9.17) is 4.74 Å². The summed E-state index contributed by atoms with van der Waals surface area (Å²) in [6.45, 7) is 7.74. The number of methoxy groups -OCH3 is 1. The minimum Gasteiger partial charge on any atom is -0.467 e. The number of nitrogens with zero attached hydrogens (tertiary/aromatic N) is 2. The molecule has 2 aromatic heterocycles. The van der Waals surface area contributed by atoms with Crippen LogP contribution in [0.3, 0.4) is 0 Å². The van der Waals surface area contributed by atoms with E-state index in [-0.39, 0.29) is 5.56 Å². The first kappa shape index (κ1) is 17.4. The van der Waals surface area contributed by atoms with Crippen LogP contribution >= 0.6 is 11.3 Å². The summed E-state index contributed by atoms with van der Waals surface area (Å²) < 4.78 is 6.10. The van der Waals surface area contributed by atoms with Gasteiger partial charge in [0, 0.05) is 10.4 Å². The van der Waals surface area contributed by atoms with E-state index >= 15 is 0 Å². The van der Waals surface area contributed by atoms with Crippen LogP contribution in [0, 0.1) is 20.8 Å². The maximum atomic E-state index is 13.1. The van der Waals surface area contributed by atoms with Gasteiger partial charge in [0.1, 0.15) is 10.9 Å². The molecule has 0 N–H and O–H groups in total. The van der Waals surface area contributed by atoms with E-state index in [0.29, 0.717) is 10.2 Å². The molecule has 0 bridgehead atoms. The van der Waals surface area contributed by atoms with Gasteiger partial charge in [-0.1, -0.05) is 18.2 Å². The molecule has 0 amide bonds. The largest absolute Gasteiger partial charge is 0.467 e. The van der Waals surface area contributed by atoms with Crippen molar-refractivity contribution < 1.29 is 9.53 Å². The molecule has 0 aliphatic rings. The van der Waals surface area contributed by atoms with Crippen LogP contribution < -0.4 is 5.56 Å². The maximum Gasteiger partial charge on any atom is 0.328 e. The Morgan fingerprint density at radius 3 is 2.60 bits per heavy atom. The van der Waals surface area contributed by atoms with Crippen molar-refractivity contribution >= 4 is 27.5 Å². The summed E-state index contributed by atoms with van der Waals surface area (Å²) >= 11 is 1.49. The van der Waals surface area contributed by atoms with Gasteiger partial charge in [0.15, 0.2) is 0 Å². The number of esters is 1. The monoisotopic (exact) mass is 356 g/mol. The van der Waals surface area contributed by atoms with Gasteiger partial charge in [-0.05, 0) is 44.4 Å². The van der Waals surface area contributed by atoms with E-state index in [0.717, 1.165) is 16.0 Å². The van der Waals surface area contributed by atoms with E-state index in [1.54, 1.807) is 6.92 Å². The molecule has 3 aromatic rings. The maximum absolute atomic E-state index is 13.1. The van der Waals surface area contributed by atoms with Gasteiger partial charge < -0.3 is 4.74 Å². The Morgan fingerprint density at radius 2 is 1.96 bits per heavy atom. The Hall–Kier alpha value is -2.47. The number of thiophene rings is 1. The first-order chi connectivity index (χ1) is 11.8. The van der Waals surface area contributed by atoms with Crippen molar-refractivity contribution in [3.63, 3.8) is 0 Å². The number of hydrogen-bond acceptors (Lipinski definition) is 5. The first-order valence-corrected chi connectivity index (χ1v) is 8.82. The van der Waals surface area contributed by atoms with Crippen molar-refractivity contribution in [2.45, 2.75) is 33.7 Å². The molecule has 0 fully saturated rings. The summed E-state index contributed by atoms with van der Waals surface area (Å²) in [7, 11) is 1.31. The molecule has 2 heterocycles. The molecule has 1 atom stereocenters. The summed E-state index contributed by atoms with van der Waals surface area (Å²) in [6.07, 6.45) is 1.42. The van der Waals surface area contributed by atoms with Crippen molar-refractivity contribution in [3.8, 4) is 11.1 Å². The summed E-state index contributed by atoms with van der Waals surface area (Å²) in [5.74, 6) is -0.470. The third kappa shape index (κ3) is 2.87. The Morgan fingerprint density at radius 1 is 1.24 bits per heavy atom. The van der Waals surface area contributed by atoms with Crippen LogP contribution in [-0.2, 0) is 9.53 Å². The number of carbonyl (C=O) groups is 1. The quantitative estimate of drug-likeness (QED) is 0.670. The lowest BCUT2D eigenvalue weighted by Gasteiger charge is -2.12. The average Bonchev–Trinajstić information content (AvgIpc) is 2.93. The number of rotatable bonds is 3. The number of carbonyl (C=O) groups excluding carboxylic acids is 1. The molecular formula is C19H20N2O3S. The van der Waals surface area contributed by atoms with Crippen LogP contribution in [-0.4, -0.2) is 22.6 Å². The van der Waals surface area contributed by atoms with Gasteiger partial charge in [0.25, 0.3) is 5.56 Å². The summed E-state index contributed by atoms with van der Waals surface area (Å²) in [4.78, 5) is 31.0. The second-order valence-corrected chi connectivity index (χ2v) is 7.37. The molecule has 25 heavy (non-hydrogen) atoms. The molecule has 3 rings (SSSR count). The lowest BCUT2D eigenvalue weighted by molar-refractivity contribution is -0.144. The van der Waals surface area contributed by atoms with Crippen molar-refractivity contribution in [2.24, 2.45) is 0 Å². The molecule has 130 valence electrons. The van der Waals surface area contributed by atoms with Gasteiger partial charge in [-0.3, -0.25) is 9.36 Å². The normalized spacial score (nSPS) is 12.4. The van der Waals surface area contributed by atoms with Gasteiger partial charge in [0.2, 0.25) is 0 Å². The number of hydrogen-bond donors (Lipinski definition) is 0. The zero-order valence-corrected chi connectivity index (χ0v) is 15.7. The number of aryl methyl sites for hydroxylation is 3. The molecule has 1 aromatic carbocycles. The van der Waals surface area contributed by atoms with E-state index in [2.05, 4.69) is 31.0 Å². The van der Waals surface area contributed by atoms with Gasteiger partial charge in [0.05, 0.1) is 18.8 Å². The standard InChI is InChI=1S/C19H20N2O3S/c1-10-6-7-14(8-11(10)2)15-13(4)25-17-16(15)18(22)21(9-20-17)12(3)19(23)24-5/h6-9,12H,1-5H3/t12-/m1/s1. The molecule has 0 unspecified atom stereocenters. The number of fused-ring (bicyclic) bond motifs is 1. The Balaban J connectivity index is 2.29. The van der Waals surface area contributed by atoms with Crippen molar-refractivity contribution in [2.75, 3.05) is 7.11 Å². The first-order valence-electron chi connectivity index (χ1n) is 8.00. The highest BCUT2D eigenvalue weighted by molar-refractivity contribution is 7.19. The third-order valence-corrected chi connectivity index (χ3v) is 5.58. The fourth-order valence-corrected chi connectivity index (χ4v) is 3.92. The highest BCUT2D eigenvalue weighted by atomic mass is 32.1. The topological polar surface area (TPSA) is 61.2 Å². The molecular weight excluding hydrogens is 336 g/mol. The van der Waals surface area contributed by atoms with Gasteiger partial charge in [-0.15, -0.1) is 11.3 Å². The zero-order valence-electron chi connectivity index (χ0n) is 14.9. The lowest BCUT2D eigenvalue weighted by atomic mass is 9.99. The van der Waals surface area contributed by atoms with Gasteiger partial charge >= 0.3 is 5.97 Å². The van der Waals surface area contributed by atoms with Crippen LogP contribution in [0.4, 0.5) is 0 Å². The molecule has 0 aliphatic carbocycles. The minimum absolute atomic E-state index is 0.222. The molecule has 5 nitrogen and oxygen atoms in total. The molecule has 0 saturated heterocycles.